The fourth-order valence-electron chi connectivity index (χ4n) is 1.51. The van der Waals surface area contributed by atoms with Gasteiger partial charge in [0.25, 0.3) is 0 Å². The van der Waals surface area contributed by atoms with Crippen LogP contribution in [-0.2, 0) is 0 Å². The molecule has 1 aromatic heterocycles. The Labute approximate surface area is 97.7 Å². The molecule has 88 valence electrons. The summed E-state index contributed by atoms with van der Waals surface area (Å²) in [5.74, 6) is 0.181. The topological polar surface area (TPSA) is 72.6 Å². The first kappa shape index (κ1) is 11.2. The van der Waals surface area contributed by atoms with Gasteiger partial charge in [0.15, 0.2) is 17.3 Å². The average molecular weight is 233 g/mol. The van der Waals surface area contributed by atoms with Crippen molar-refractivity contribution in [2.24, 2.45) is 0 Å². The van der Waals surface area contributed by atoms with E-state index in [0.717, 1.165) is 0 Å². The minimum Gasteiger partial charge on any atom is -0.497 e. The second-order valence-corrected chi connectivity index (χ2v) is 3.44. The molecule has 1 heterocycles. The van der Waals surface area contributed by atoms with Crippen LogP contribution >= 0.6 is 0 Å². The molecule has 5 nitrogen and oxygen atoms in total. The summed E-state index contributed by atoms with van der Waals surface area (Å²) >= 11 is 0. The fraction of sp³-hybridized carbons (Fsp3) is 0.167. The number of nitrogens with zero attached hydrogens (tertiary/aromatic N) is 1. The number of ether oxygens (including phenoxy) is 1. The summed E-state index contributed by atoms with van der Waals surface area (Å²) in [7, 11) is 1.57. The number of aryl methyl sites for hydroxylation is 1. The molecule has 0 amide bonds. The van der Waals surface area contributed by atoms with E-state index in [1.807, 2.05) is 0 Å². The van der Waals surface area contributed by atoms with Crippen LogP contribution in [0.15, 0.2) is 28.7 Å². The second kappa shape index (κ2) is 4.29. The number of methoxy groups -OCH3 is 1. The monoisotopic (exact) mass is 233 g/mol. The van der Waals surface area contributed by atoms with E-state index < -0.39 is 5.97 Å². The summed E-state index contributed by atoms with van der Waals surface area (Å²) in [5.41, 5.74) is 0.580. The number of hydrogen-bond donors (Lipinski definition) is 1. The van der Waals surface area contributed by atoms with Crippen molar-refractivity contribution in [3.63, 3.8) is 0 Å². The number of benzene rings is 1. The average Bonchev–Trinajstić information content (AvgIpc) is 2.72. The molecule has 1 N–H and O–H groups in total. The van der Waals surface area contributed by atoms with Gasteiger partial charge in [0, 0.05) is 12.5 Å². The highest BCUT2D eigenvalue weighted by atomic mass is 16.5. The largest absolute Gasteiger partial charge is 0.497 e. The van der Waals surface area contributed by atoms with Crippen molar-refractivity contribution in [2.45, 2.75) is 6.92 Å². The van der Waals surface area contributed by atoms with Crippen molar-refractivity contribution >= 4 is 5.97 Å². The minimum atomic E-state index is -1.10. The maximum Gasteiger partial charge on any atom is 0.358 e. The Balaban J connectivity index is 2.48. The third kappa shape index (κ3) is 2.13. The molecule has 0 aliphatic heterocycles. The van der Waals surface area contributed by atoms with Crippen LogP contribution in [-0.4, -0.2) is 23.2 Å². The summed E-state index contributed by atoms with van der Waals surface area (Å²) in [5, 5.41) is 8.99. The first-order chi connectivity index (χ1) is 8.11. The molecule has 2 rings (SSSR count). The maximum absolute atomic E-state index is 11.0. The molecule has 0 saturated carbocycles. The highest BCUT2D eigenvalue weighted by Crippen LogP contribution is 2.26. The van der Waals surface area contributed by atoms with E-state index >= 15 is 0 Å². The molecule has 1 aromatic carbocycles. The quantitative estimate of drug-likeness (QED) is 0.880. The molecule has 0 saturated heterocycles. The Morgan fingerprint density at radius 3 is 2.53 bits per heavy atom. The molecular formula is C12H11NO4. The summed E-state index contributed by atoms with van der Waals surface area (Å²) in [6.45, 7) is 1.61. The van der Waals surface area contributed by atoms with Gasteiger partial charge < -0.3 is 14.3 Å². The number of carbonyl (C=O) groups is 1. The highest BCUT2D eigenvalue weighted by Gasteiger charge is 2.19. The molecule has 0 spiro atoms. The smallest absolute Gasteiger partial charge is 0.358 e. The van der Waals surface area contributed by atoms with Crippen molar-refractivity contribution in [1.29, 1.82) is 0 Å². The predicted octanol–water partition coefficient (Wildman–Crippen LogP) is 2.36. The first-order valence-corrected chi connectivity index (χ1v) is 4.97. The van der Waals surface area contributed by atoms with E-state index in [-0.39, 0.29) is 11.5 Å². The second-order valence-electron chi connectivity index (χ2n) is 3.44. The zero-order valence-corrected chi connectivity index (χ0v) is 9.43. The Morgan fingerprint density at radius 1 is 1.35 bits per heavy atom. The van der Waals surface area contributed by atoms with E-state index in [1.165, 1.54) is 0 Å². The van der Waals surface area contributed by atoms with Gasteiger partial charge in [-0.1, -0.05) is 0 Å². The number of aromatic carboxylic acids is 1. The molecule has 17 heavy (non-hydrogen) atoms. The Bertz CT molecular complexity index is 542. The van der Waals surface area contributed by atoms with Crippen molar-refractivity contribution in [1.82, 2.24) is 4.98 Å². The predicted molar refractivity (Wildman–Crippen MR) is 60.2 cm³/mol. The molecule has 2 aromatic rings. The number of carboxylic acids is 1. The summed E-state index contributed by atoms with van der Waals surface area (Å²) < 4.78 is 10.3. The number of aromatic nitrogens is 1. The van der Waals surface area contributed by atoms with Crippen molar-refractivity contribution in [2.75, 3.05) is 7.11 Å². The zero-order valence-electron chi connectivity index (χ0n) is 9.43. The van der Waals surface area contributed by atoms with Gasteiger partial charge in [-0.2, -0.15) is 0 Å². The standard InChI is InChI=1S/C12H11NO4/c1-7-13-10(12(14)15)11(17-7)8-3-5-9(16-2)6-4-8/h3-6H,1-2H3,(H,14,15). The van der Waals surface area contributed by atoms with Gasteiger partial charge in [0.1, 0.15) is 5.75 Å². The van der Waals surface area contributed by atoms with Crippen LogP contribution in [0.25, 0.3) is 11.3 Å². The fourth-order valence-corrected chi connectivity index (χ4v) is 1.51. The van der Waals surface area contributed by atoms with E-state index in [2.05, 4.69) is 4.98 Å². The molecule has 0 atom stereocenters. The van der Waals surface area contributed by atoms with Crippen LogP contribution in [0.4, 0.5) is 0 Å². The van der Waals surface area contributed by atoms with Gasteiger partial charge >= 0.3 is 5.97 Å². The molecule has 5 heteroatoms. The minimum absolute atomic E-state index is 0.0762. The summed E-state index contributed by atoms with van der Waals surface area (Å²) in [6, 6.07) is 6.92. The molecule has 0 bridgehead atoms. The third-order valence-corrected chi connectivity index (χ3v) is 2.29. The molecule has 0 unspecified atom stereocenters. The van der Waals surface area contributed by atoms with Gasteiger partial charge in [0.2, 0.25) is 0 Å². The van der Waals surface area contributed by atoms with Crippen molar-refractivity contribution in [3.8, 4) is 17.1 Å². The van der Waals surface area contributed by atoms with E-state index in [1.54, 1.807) is 38.3 Å². The molecule has 0 aliphatic carbocycles. The van der Waals surface area contributed by atoms with Crippen molar-refractivity contribution < 1.29 is 19.1 Å². The molecule has 0 fully saturated rings. The summed E-state index contributed by atoms with van der Waals surface area (Å²) in [4.78, 5) is 14.8. The van der Waals surface area contributed by atoms with Crippen LogP contribution in [0.5, 0.6) is 5.75 Å². The van der Waals surface area contributed by atoms with E-state index in [9.17, 15) is 4.79 Å². The SMILES string of the molecule is COc1ccc(-c2oc(C)nc2C(=O)O)cc1. The van der Waals surface area contributed by atoms with Crippen molar-refractivity contribution in [3.05, 3.63) is 35.9 Å². The first-order valence-electron chi connectivity index (χ1n) is 4.97. The normalized spacial score (nSPS) is 10.2. The Kier molecular flexibility index (Phi) is 2.82. The highest BCUT2D eigenvalue weighted by molar-refractivity contribution is 5.92. The third-order valence-electron chi connectivity index (χ3n) is 2.29. The molecule has 0 radical (unpaired) electrons. The van der Waals surface area contributed by atoms with Crippen LogP contribution < -0.4 is 4.74 Å². The Hall–Kier alpha value is -2.30. The lowest BCUT2D eigenvalue weighted by Crippen LogP contribution is -1.98. The van der Waals surface area contributed by atoms with Crippen LogP contribution in [0.1, 0.15) is 16.4 Å². The van der Waals surface area contributed by atoms with Gasteiger partial charge in [-0.15, -0.1) is 0 Å². The molecule has 0 aliphatic rings. The number of carboxylic acid groups (broad SMARTS) is 1. The summed E-state index contributed by atoms with van der Waals surface area (Å²) in [6.07, 6.45) is 0. The van der Waals surface area contributed by atoms with Crippen LogP contribution in [0, 0.1) is 6.92 Å². The van der Waals surface area contributed by atoms with Gasteiger partial charge in [-0.3, -0.25) is 0 Å². The lowest BCUT2D eigenvalue weighted by Gasteiger charge is -2.01. The maximum atomic E-state index is 11.0. The number of oxazole rings is 1. The van der Waals surface area contributed by atoms with Crippen LogP contribution in [0.3, 0.4) is 0 Å². The molecular weight excluding hydrogens is 222 g/mol. The van der Waals surface area contributed by atoms with Gasteiger partial charge in [-0.25, -0.2) is 9.78 Å². The van der Waals surface area contributed by atoms with E-state index in [0.29, 0.717) is 17.2 Å². The number of rotatable bonds is 3. The lowest BCUT2D eigenvalue weighted by atomic mass is 10.1. The van der Waals surface area contributed by atoms with Crippen LogP contribution in [0.2, 0.25) is 0 Å². The van der Waals surface area contributed by atoms with E-state index in [4.69, 9.17) is 14.3 Å². The Morgan fingerprint density at radius 2 is 2.00 bits per heavy atom. The van der Waals surface area contributed by atoms with Gasteiger partial charge in [-0.05, 0) is 24.3 Å². The zero-order chi connectivity index (χ0) is 12.4. The van der Waals surface area contributed by atoms with Gasteiger partial charge in [0.05, 0.1) is 7.11 Å². The lowest BCUT2D eigenvalue weighted by molar-refractivity contribution is 0.0691. The number of hydrogen-bond acceptors (Lipinski definition) is 4.